The monoisotopic (exact) mass is 342 g/mol. The first-order valence-electron chi connectivity index (χ1n) is 7.15. The summed E-state index contributed by atoms with van der Waals surface area (Å²) in [6, 6.07) is 7.72. The van der Waals surface area contributed by atoms with Crippen LogP contribution < -0.4 is 10.1 Å². The van der Waals surface area contributed by atoms with Gasteiger partial charge < -0.3 is 19.7 Å². The summed E-state index contributed by atoms with van der Waals surface area (Å²) < 4.78 is 44.5. The number of hydrogen-bond donors (Lipinski definition) is 2. The summed E-state index contributed by atoms with van der Waals surface area (Å²) in [5, 5.41) is 12.3. The van der Waals surface area contributed by atoms with Gasteiger partial charge in [-0.2, -0.15) is 13.2 Å². The fourth-order valence-corrected chi connectivity index (χ4v) is 2.01. The Labute approximate surface area is 136 Å². The Balaban J connectivity index is 1.82. The zero-order chi connectivity index (χ0) is 17.7. The summed E-state index contributed by atoms with van der Waals surface area (Å²) in [6.45, 7) is -0.322. The second-order valence-corrected chi connectivity index (χ2v) is 5.20. The van der Waals surface area contributed by atoms with Gasteiger partial charge in [0.25, 0.3) is 5.91 Å². The van der Waals surface area contributed by atoms with E-state index >= 15 is 0 Å². The summed E-state index contributed by atoms with van der Waals surface area (Å²) in [7, 11) is 1.71. The summed E-state index contributed by atoms with van der Waals surface area (Å²) in [6.07, 6.45) is -3.80. The van der Waals surface area contributed by atoms with Crippen LogP contribution in [0.25, 0.3) is 0 Å². The molecule has 0 saturated heterocycles. The van der Waals surface area contributed by atoms with Crippen LogP contribution in [0.3, 0.4) is 0 Å². The summed E-state index contributed by atoms with van der Waals surface area (Å²) in [4.78, 5) is 11.9. The Morgan fingerprint density at radius 2 is 2.08 bits per heavy atom. The van der Waals surface area contributed by atoms with E-state index < -0.39 is 17.8 Å². The quantitative estimate of drug-likeness (QED) is 0.846. The smallest absolute Gasteiger partial charge is 0.416 e. The molecule has 1 aromatic heterocycles. The zero-order valence-electron chi connectivity index (χ0n) is 12.9. The number of nitrogens with zero attached hydrogens (tertiary/aromatic N) is 1. The third kappa shape index (κ3) is 4.76. The van der Waals surface area contributed by atoms with Gasteiger partial charge in [-0.1, -0.05) is 6.07 Å². The first kappa shape index (κ1) is 17.9. The van der Waals surface area contributed by atoms with E-state index in [2.05, 4.69) is 5.32 Å². The molecule has 0 saturated carbocycles. The molecule has 0 fully saturated rings. The van der Waals surface area contributed by atoms with Crippen LogP contribution in [0.5, 0.6) is 5.75 Å². The van der Waals surface area contributed by atoms with Crippen LogP contribution >= 0.6 is 0 Å². The number of benzene rings is 1. The van der Waals surface area contributed by atoms with Crippen LogP contribution in [-0.2, 0) is 13.2 Å². The van der Waals surface area contributed by atoms with Gasteiger partial charge in [-0.25, -0.2) is 0 Å². The Kier molecular flexibility index (Phi) is 5.50. The van der Waals surface area contributed by atoms with Crippen molar-refractivity contribution < 1.29 is 27.8 Å². The van der Waals surface area contributed by atoms with Crippen molar-refractivity contribution in [1.82, 2.24) is 9.88 Å². The van der Waals surface area contributed by atoms with Crippen LogP contribution in [-0.4, -0.2) is 34.8 Å². The van der Waals surface area contributed by atoms with Gasteiger partial charge >= 0.3 is 6.18 Å². The maximum Gasteiger partial charge on any atom is 0.416 e. The maximum absolute atomic E-state index is 12.6. The van der Waals surface area contributed by atoms with Crippen molar-refractivity contribution in [1.29, 1.82) is 0 Å². The molecule has 2 N–H and O–H groups in total. The van der Waals surface area contributed by atoms with Gasteiger partial charge in [-0.3, -0.25) is 4.79 Å². The van der Waals surface area contributed by atoms with Crippen molar-refractivity contribution in [3.05, 3.63) is 53.9 Å². The van der Waals surface area contributed by atoms with Crippen molar-refractivity contribution in [2.45, 2.75) is 12.3 Å². The number of amides is 1. The first-order chi connectivity index (χ1) is 11.3. The van der Waals surface area contributed by atoms with Crippen LogP contribution in [0.4, 0.5) is 13.2 Å². The molecule has 0 aliphatic rings. The zero-order valence-corrected chi connectivity index (χ0v) is 12.9. The number of carbonyl (C=O) groups excluding carboxylic acids is 1. The highest BCUT2D eigenvalue weighted by molar-refractivity contribution is 5.92. The lowest BCUT2D eigenvalue weighted by atomic mass is 10.2. The molecular weight excluding hydrogens is 325 g/mol. The molecule has 5 nitrogen and oxygen atoms in total. The highest BCUT2D eigenvalue weighted by atomic mass is 19.4. The average molecular weight is 342 g/mol. The number of hydrogen-bond acceptors (Lipinski definition) is 3. The second-order valence-electron chi connectivity index (χ2n) is 5.20. The highest BCUT2D eigenvalue weighted by Gasteiger charge is 2.30. The van der Waals surface area contributed by atoms with Gasteiger partial charge in [-0.05, 0) is 30.3 Å². The minimum Gasteiger partial charge on any atom is -0.491 e. The predicted molar refractivity (Wildman–Crippen MR) is 80.7 cm³/mol. The van der Waals surface area contributed by atoms with Gasteiger partial charge in [0.1, 0.15) is 24.2 Å². The van der Waals surface area contributed by atoms with E-state index in [9.17, 15) is 23.1 Å². The van der Waals surface area contributed by atoms with Crippen molar-refractivity contribution >= 4 is 5.91 Å². The number of aromatic nitrogens is 1. The molecule has 1 atom stereocenters. The van der Waals surface area contributed by atoms with E-state index in [4.69, 9.17) is 4.74 Å². The molecule has 1 aromatic carbocycles. The van der Waals surface area contributed by atoms with Crippen molar-refractivity contribution in [3.63, 3.8) is 0 Å². The van der Waals surface area contributed by atoms with Crippen LogP contribution in [0, 0.1) is 0 Å². The molecular formula is C16H17F3N2O3. The largest absolute Gasteiger partial charge is 0.491 e. The van der Waals surface area contributed by atoms with E-state index in [1.807, 2.05) is 0 Å². The van der Waals surface area contributed by atoms with Crippen molar-refractivity contribution in [3.8, 4) is 5.75 Å². The lowest BCUT2D eigenvalue weighted by Crippen LogP contribution is -2.36. The lowest BCUT2D eigenvalue weighted by molar-refractivity contribution is -0.137. The molecule has 1 heterocycles. The molecule has 0 spiro atoms. The lowest BCUT2D eigenvalue weighted by Gasteiger charge is -2.14. The minimum atomic E-state index is -4.46. The minimum absolute atomic E-state index is 0.00219. The Morgan fingerprint density at radius 3 is 2.71 bits per heavy atom. The fourth-order valence-electron chi connectivity index (χ4n) is 2.01. The number of ether oxygens (including phenoxy) is 1. The van der Waals surface area contributed by atoms with Gasteiger partial charge in [0.05, 0.1) is 5.56 Å². The molecule has 2 rings (SSSR count). The third-order valence-corrected chi connectivity index (χ3v) is 3.28. The normalized spacial score (nSPS) is 12.7. The van der Waals surface area contributed by atoms with Gasteiger partial charge in [0.15, 0.2) is 0 Å². The van der Waals surface area contributed by atoms with Crippen LogP contribution in [0.15, 0.2) is 42.6 Å². The number of nitrogens with one attached hydrogen (secondary N) is 1. The number of aliphatic hydroxyl groups is 1. The SMILES string of the molecule is Cn1cccc1C(=O)NCC(O)COc1cccc(C(F)(F)F)c1. The van der Waals surface area contributed by atoms with E-state index in [1.165, 1.54) is 12.1 Å². The first-order valence-corrected chi connectivity index (χ1v) is 7.15. The number of carbonyl (C=O) groups is 1. The molecule has 1 amide bonds. The summed E-state index contributed by atoms with van der Waals surface area (Å²) >= 11 is 0. The Hall–Kier alpha value is -2.48. The van der Waals surface area contributed by atoms with Crippen LogP contribution in [0.1, 0.15) is 16.1 Å². The van der Waals surface area contributed by atoms with Gasteiger partial charge in [0, 0.05) is 19.8 Å². The molecule has 0 radical (unpaired) electrons. The molecule has 0 bridgehead atoms. The molecule has 2 aromatic rings. The number of rotatable bonds is 6. The van der Waals surface area contributed by atoms with Gasteiger partial charge in [-0.15, -0.1) is 0 Å². The third-order valence-electron chi connectivity index (χ3n) is 3.28. The molecule has 8 heteroatoms. The molecule has 0 aliphatic carbocycles. The number of alkyl halides is 3. The predicted octanol–water partition coefficient (Wildman–Crippen LogP) is 2.21. The van der Waals surface area contributed by atoms with Crippen molar-refractivity contribution in [2.24, 2.45) is 7.05 Å². The van der Waals surface area contributed by atoms with E-state index in [-0.39, 0.29) is 24.8 Å². The maximum atomic E-state index is 12.6. The van der Waals surface area contributed by atoms with Crippen molar-refractivity contribution in [2.75, 3.05) is 13.2 Å². The Bertz CT molecular complexity index is 698. The number of halogens is 3. The fraction of sp³-hybridized carbons (Fsp3) is 0.312. The molecule has 1 unspecified atom stereocenters. The number of aliphatic hydroxyl groups excluding tert-OH is 1. The topological polar surface area (TPSA) is 63.5 Å². The highest BCUT2D eigenvalue weighted by Crippen LogP contribution is 2.31. The number of aryl methyl sites for hydroxylation is 1. The average Bonchev–Trinajstić information content (AvgIpc) is 2.96. The molecule has 24 heavy (non-hydrogen) atoms. The molecule has 0 aliphatic heterocycles. The molecule has 130 valence electrons. The second kappa shape index (κ2) is 7.39. The van der Waals surface area contributed by atoms with E-state index in [1.54, 1.807) is 29.9 Å². The Morgan fingerprint density at radius 1 is 1.33 bits per heavy atom. The summed E-state index contributed by atoms with van der Waals surface area (Å²) in [5.74, 6) is -0.363. The van der Waals surface area contributed by atoms with Crippen LogP contribution in [0.2, 0.25) is 0 Å². The van der Waals surface area contributed by atoms with E-state index in [0.717, 1.165) is 12.1 Å². The van der Waals surface area contributed by atoms with E-state index in [0.29, 0.717) is 5.69 Å². The van der Waals surface area contributed by atoms with Gasteiger partial charge in [0.2, 0.25) is 0 Å². The summed E-state index contributed by atoms with van der Waals surface area (Å²) in [5.41, 5.74) is -0.396. The standard InChI is InChI=1S/C16H17F3N2O3/c1-21-7-3-6-14(21)15(23)20-9-12(22)10-24-13-5-2-4-11(8-13)16(17,18)19/h2-8,12,22H,9-10H2,1H3,(H,20,23).